The Bertz CT molecular complexity index is 1080. The normalized spacial score (nSPS) is 11.0. The number of hydrogen-bond acceptors (Lipinski definition) is 6. The van der Waals surface area contributed by atoms with Crippen LogP contribution in [0.1, 0.15) is 17.5 Å². The van der Waals surface area contributed by atoms with Crippen molar-refractivity contribution in [1.29, 1.82) is 5.26 Å². The number of halogens is 1. The Kier molecular flexibility index (Phi) is 6.24. The van der Waals surface area contributed by atoms with E-state index in [1.54, 1.807) is 24.3 Å². The van der Waals surface area contributed by atoms with Crippen LogP contribution in [0.3, 0.4) is 0 Å². The molecule has 1 heterocycles. The zero-order valence-corrected chi connectivity index (χ0v) is 17.5. The van der Waals surface area contributed by atoms with E-state index in [9.17, 15) is 10.1 Å². The third-order valence-electron chi connectivity index (χ3n) is 3.75. The van der Waals surface area contributed by atoms with Gasteiger partial charge < -0.3 is 9.47 Å². The number of ether oxygens (including phenoxy) is 2. The Balaban J connectivity index is 1.91. The third-order valence-corrected chi connectivity index (χ3v) is 5.15. The molecule has 28 heavy (non-hydrogen) atoms. The van der Waals surface area contributed by atoms with Gasteiger partial charge in [-0.25, -0.2) is 4.98 Å². The van der Waals surface area contributed by atoms with Crippen LogP contribution in [-0.2, 0) is 4.79 Å². The number of thiazole rings is 1. The predicted octanol–water partition coefficient (Wildman–Crippen LogP) is 5.57. The number of hydrogen-bond donors (Lipinski definition) is 0. The second kappa shape index (κ2) is 8.83. The van der Waals surface area contributed by atoms with Crippen LogP contribution in [0.2, 0.25) is 0 Å². The third kappa shape index (κ3) is 4.66. The van der Waals surface area contributed by atoms with Crippen LogP contribution < -0.4 is 9.47 Å². The second-order valence-electron chi connectivity index (χ2n) is 5.72. The van der Waals surface area contributed by atoms with Gasteiger partial charge in [0.05, 0.1) is 18.4 Å². The van der Waals surface area contributed by atoms with E-state index < -0.39 is 5.97 Å². The summed E-state index contributed by atoms with van der Waals surface area (Å²) in [5.41, 5.74) is 2.98. The number of nitrogens with zero attached hydrogens (tertiary/aromatic N) is 2. The first-order chi connectivity index (χ1) is 13.5. The summed E-state index contributed by atoms with van der Waals surface area (Å²) in [6.45, 7) is 1.33. The summed E-state index contributed by atoms with van der Waals surface area (Å²) < 4.78 is 11.4. The van der Waals surface area contributed by atoms with E-state index in [1.807, 2.05) is 29.6 Å². The van der Waals surface area contributed by atoms with Crippen molar-refractivity contribution in [2.75, 3.05) is 7.11 Å². The van der Waals surface area contributed by atoms with Gasteiger partial charge in [0.15, 0.2) is 11.5 Å². The van der Waals surface area contributed by atoms with Gasteiger partial charge in [0.25, 0.3) is 0 Å². The minimum atomic E-state index is -0.428. The van der Waals surface area contributed by atoms with E-state index in [-0.39, 0.29) is 0 Å². The van der Waals surface area contributed by atoms with Crippen LogP contribution >= 0.6 is 27.3 Å². The van der Waals surface area contributed by atoms with Gasteiger partial charge in [-0.3, -0.25) is 4.79 Å². The lowest BCUT2D eigenvalue weighted by Crippen LogP contribution is -2.03. The smallest absolute Gasteiger partial charge is 0.308 e. The molecule has 0 aliphatic carbocycles. The molecule has 0 fully saturated rings. The highest BCUT2D eigenvalue weighted by Crippen LogP contribution is 2.31. The topological polar surface area (TPSA) is 72.2 Å². The minimum Gasteiger partial charge on any atom is -0.493 e. The average molecular weight is 455 g/mol. The monoisotopic (exact) mass is 454 g/mol. The van der Waals surface area contributed by atoms with Crippen molar-refractivity contribution >= 4 is 44.9 Å². The van der Waals surface area contributed by atoms with Crippen molar-refractivity contribution in [2.24, 2.45) is 0 Å². The van der Waals surface area contributed by atoms with Crippen LogP contribution in [0.5, 0.6) is 11.5 Å². The van der Waals surface area contributed by atoms with Gasteiger partial charge in [-0.1, -0.05) is 34.1 Å². The van der Waals surface area contributed by atoms with Gasteiger partial charge in [-0.2, -0.15) is 5.26 Å². The molecule has 5 nitrogen and oxygen atoms in total. The lowest BCUT2D eigenvalue weighted by molar-refractivity contribution is -0.132. The van der Waals surface area contributed by atoms with Gasteiger partial charge in [0.1, 0.15) is 11.1 Å². The maximum Gasteiger partial charge on any atom is 0.308 e. The molecule has 3 aromatic rings. The molecule has 1 aromatic heterocycles. The zero-order chi connectivity index (χ0) is 20.1. The number of esters is 1. The summed E-state index contributed by atoms with van der Waals surface area (Å²) in [4.78, 5) is 15.8. The summed E-state index contributed by atoms with van der Waals surface area (Å²) in [7, 11) is 1.49. The zero-order valence-electron chi connectivity index (χ0n) is 15.1. The Morgan fingerprint density at radius 3 is 2.61 bits per heavy atom. The first kappa shape index (κ1) is 19.8. The van der Waals surface area contributed by atoms with Crippen LogP contribution in [0, 0.1) is 11.3 Å². The number of carbonyl (C=O) groups excluding carboxylic acids is 1. The van der Waals surface area contributed by atoms with Crippen LogP contribution in [0.25, 0.3) is 22.9 Å². The fourth-order valence-corrected chi connectivity index (χ4v) is 3.53. The fraction of sp³-hybridized carbons (Fsp3) is 0.0952. The number of methoxy groups -OCH3 is 1. The Hall–Kier alpha value is -2.95. The molecule has 0 saturated carbocycles. The van der Waals surface area contributed by atoms with Crippen molar-refractivity contribution in [2.45, 2.75) is 6.92 Å². The number of carbonyl (C=O) groups is 1. The maximum atomic E-state index is 11.2. The van der Waals surface area contributed by atoms with Gasteiger partial charge in [-0.15, -0.1) is 11.3 Å². The quantitative estimate of drug-likeness (QED) is 0.286. The summed E-state index contributed by atoms with van der Waals surface area (Å²) in [5, 5.41) is 12.2. The molecule has 0 radical (unpaired) electrons. The van der Waals surface area contributed by atoms with Gasteiger partial charge >= 0.3 is 5.97 Å². The molecular formula is C21H15BrN2O3S. The largest absolute Gasteiger partial charge is 0.493 e. The van der Waals surface area contributed by atoms with E-state index in [0.717, 1.165) is 21.3 Å². The molecule has 0 aliphatic rings. The molecule has 7 heteroatoms. The summed E-state index contributed by atoms with van der Waals surface area (Å²) >= 11 is 4.82. The molecule has 0 bridgehead atoms. The molecule has 0 aliphatic heterocycles. The van der Waals surface area contributed by atoms with Crippen LogP contribution in [0.4, 0.5) is 0 Å². The van der Waals surface area contributed by atoms with E-state index in [1.165, 1.54) is 25.4 Å². The molecule has 2 aromatic carbocycles. The Labute approximate surface area is 175 Å². The van der Waals surface area contributed by atoms with Crippen LogP contribution in [0.15, 0.2) is 52.3 Å². The van der Waals surface area contributed by atoms with E-state index in [4.69, 9.17) is 9.47 Å². The van der Waals surface area contributed by atoms with E-state index in [0.29, 0.717) is 22.1 Å². The van der Waals surface area contributed by atoms with Crippen molar-refractivity contribution < 1.29 is 14.3 Å². The standard InChI is InChI=1S/C21H15BrN2O3S/c1-13(25)27-19-8-3-14(10-20(19)26-2)9-16(11-23)21-24-18(12-28-21)15-4-6-17(22)7-5-15/h3-10,12H,1-2H3/b16-9-. The molecule has 0 atom stereocenters. The number of allylic oxidation sites excluding steroid dienone is 1. The minimum absolute atomic E-state index is 0.331. The molecule has 0 N–H and O–H groups in total. The average Bonchev–Trinajstić information content (AvgIpc) is 3.17. The lowest BCUT2D eigenvalue weighted by atomic mass is 10.1. The highest BCUT2D eigenvalue weighted by molar-refractivity contribution is 9.10. The van der Waals surface area contributed by atoms with Gasteiger partial charge in [-0.05, 0) is 35.9 Å². The number of rotatable bonds is 5. The van der Waals surface area contributed by atoms with Crippen molar-refractivity contribution in [3.05, 3.63) is 62.9 Å². The van der Waals surface area contributed by atoms with E-state index in [2.05, 4.69) is 27.0 Å². The highest BCUT2D eigenvalue weighted by Gasteiger charge is 2.11. The summed E-state index contributed by atoms with van der Waals surface area (Å²) in [6.07, 6.45) is 1.73. The molecule has 0 spiro atoms. The van der Waals surface area contributed by atoms with E-state index >= 15 is 0 Å². The first-order valence-electron chi connectivity index (χ1n) is 8.20. The summed E-state index contributed by atoms with van der Waals surface area (Å²) in [5.74, 6) is 0.316. The predicted molar refractivity (Wildman–Crippen MR) is 113 cm³/mol. The fourth-order valence-electron chi connectivity index (χ4n) is 2.47. The molecule has 140 valence electrons. The van der Waals surface area contributed by atoms with Crippen molar-refractivity contribution in [3.8, 4) is 28.8 Å². The first-order valence-corrected chi connectivity index (χ1v) is 9.87. The molecular weight excluding hydrogens is 440 g/mol. The highest BCUT2D eigenvalue weighted by atomic mass is 79.9. The lowest BCUT2D eigenvalue weighted by Gasteiger charge is -2.08. The number of nitriles is 1. The molecule has 0 unspecified atom stereocenters. The SMILES string of the molecule is COc1cc(/C=C(/C#N)c2nc(-c3ccc(Br)cc3)cs2)ccc1OC(C)=O. The molecule has 0 saturated heterocycles. The molecule has 0 amide bonds. The van der Waals surface area contributed by atoms with Gasteiger partial charge in [0, 0.05) is 22.3 Å². The van der Waals surface area contributed by atoms with Crippen LogP contribution in [-0.4, -0.2) is 18.1 Å². The maximum absolute atomic E-state index is 11.2. The summed E-state index contributed by atoms with van der Waals surface area (Å²) in [6, 6.07) is 15.1. The van der Waals surface area contributed by atoms with Crippen molar-refractivity contribution in [1.82, 2.24) is 4.98 Å². The number of benzene rings is 2. The molecule has 3 rings (SSSR count). The van der Waals surface area contributed by atoms with Crippen molar-refractivity contribution in [3.63, 3.8) is 0 Å². The number of aromatic nitrogens is 1. The van der Waals surface area contributed by atoms with Gasteiger partial charge in [0.2, 0.25) is 0 Å². The Morgan fingerprint density at radius 1 is 1.21 bits per heavy atom. The Morgan fingerprint density at radius 2 is 1.96 bits per heavy atom. The second-order valence-corrected chi connectivity index (χ2v) is 7.49.